The fourth-order valence-electron chi connectivity index (χ4n) is 4.15. The smallest absolute Gasteiger partial charge is 0.146 e. The third-order valence-corrected chi connectivity index (χ3v) is 6.33. The summed E-state index contributed by atoms with van der Waals surface area (Å²) in [4.78, 5) is 3.11. The standard InChI is InChI=1S/C17H19N3O.C13H11N3O/c1-11-9-12(17(2,3)4)10-15(16(11)21)20-18-13-7-5-6-8-14(13)19-20;1-9-8-10(17)6-7-13(9)16-14-11-4-2-3-5-12(11)15-16/h5-10,21H,1-4H3;2-8,17H,1H3. The van der Waals surface area contributed by atoms with Crippen LogP contribution in [0.15, 0.2) is 78.9 Å². The van der Waals surface area contributed by atoms with Gasteiger partial charge in [0.25, 0.3) is 0 Å². The van der Waals surface area contributed by atoms with Gasteiger partial charge in [0.2, 0.25) is 0 Å². The second kappa shape index (κ2) is 9.63. The Morgan fingerprint density at radius 3 is 1.50 bits per heavy atom. The van der Waals surface area contributed by atoms with Crippen molar-refractivity contribution in [1.82, 2.24) is 30.0 Å². The zero-order chi connectivity index (χ0) is 27.0. The Balaban J connectivity index is 0.000000158. The van der Waals surface area contributed by atoms with Gasteiger partial charge in [-0.3, -0.25) is 0 Å². The molecule has 8 heteroatoms. The van der Waals surface area contributed by atoms with Crippen LogP contribution >= 0.6 is 0 Å². The van der Waals surface area contributed by atoms with Crippen LogP contribution < -0.4 is 0 Å². The van der Waals surface area contributed by atoms with Crippen molar-refractivity contribution in [3.05, 3.63) is 95.6 Å². The molecule has 0 bridgehead atoms. The summed E-state index contributed by atoms with van der Waals surface area (Å²) in [6, 6.07) is 24.5. The fraction of sp³-hybridized carbons (Fsp3) is 0.200. The van der Waals surface area contributed by atoms with Crippen molar-refractivity contribution in [3.8, 4) is 22.9 Å². The number of aromatic nitrogens is 6. The zero-order valence-electron chi connectivity index (χ0n) is 22.1. The van der Waals surface area contributed by atoms with E-state index >= 15 is 0 Å². The lowest BCUT2D eigenvalue weighted by Gasteiger charge is -2.21. The van der Waals surface area contributed by atoms with Crippen LogP contribution in [0.4, 0.5) is 0 Å². The predicted molar refractivity (Wildman–Crippen MR) is 149 cm³/mol. The van der Waals surface area contributed by atoms with Gasteiger partial charge in [-0.25, -0.2) is 0 Å². The van der Waals surface area contributed by atoms with E-state index in [-0.39, 0.29) is 16.9 Å². The second-order valence-electron chi connectivity index (χ2n) is 10.3. The van der Waals surface area contributed by atoms with Crippen molar-refractivity contribution >= 4 is 22.1 Å². The number of benzene rings is 4. The molecule has 0 fully saturated rings. The first-order chi connectivity index (χ1) is 18.1. The monoisotopic (exact) mass is 506 g/mol. The van der Waals surface area contributed by atoms with Gasteiger partial charge >= 0.3 is 0 Å². The van der Waals surface area contributed by atoms with E-state index in [2.05, 4.69) is 41.2 Å². The van der Waals surface area contributed by atoms with Gasteiger partial charge in [0.1, 0.15) is 39.3 Å². The Morgan fingerprint density at radius 1 is 0.579 bits per heavy atom. The molecule has 0 spiro atoms. The van der Waals surface area contributed by atoms with Crippen molar-refractivity contribution in [1.29, 1.82) is 0 Å². The largest absolute Gasteiger partial charge is 0.508 e. The number of phenolic OH excluding ortho intramolecular Hbond substituents is 2. The third-order valence-electron chi connectivity index (χ3n) is 6.33. The lowest BCUT2D eigenvalue weighted by atomic mass is 9.85. The van der Waals surface area contributed by atoms with Gasteiger partial charge in [0, 0.05) is 0 Å². The predicted octanol–water partition coefficient (Wildman–Crippen LogP) is 6.17. The summed E-state index contributed by atoms with van der Waals surface area (Å²) in [5, 5.41) is 37.4. The lowest BCUT2D eigenvalue weighted by Crippen LogP contribution is -2.13. The van der Waals surface area contributed by atoms with Crippen LogP contribution in [0.3, 0.4) is 0 Å². The minimum Gasteiger partial charge on any atom is -0.508 e. The molecule has 2 aromatic heterocycles. The summed E-state index contributed by atoms with van der Waals surface area (Å²) in [5.74, 6) is 0.478. The molecular weight excluding hydrogens is 476 g/mol. The SMILES string of the molecule is Cc1cc(C(C)(C)C)cc(-n2nc3ccccc3n2)c1O.Cc1cc(O)ccc1-n1nc2ccccc2n1. The van der Waals surface area contributed by atoms with E-state index in [4.69, 9.17) is 0 Å². The molecule has 0 saturated heterocycles. The van der Waals surface area contributed by atoms with Crippen molar-refractivity contribution in [2.75, 3.05) is 0 Å². The number of hydrogen-bond donors (Lipinski definition) is 2. The van der Waals surface area contributed by atoms with Crippen molar-refractivity contribution in [2.45, 2.75) is 40.0 Å². The van der Waals surface area contributed by atoms with E-state index in [0.29, 0.717) is 5.69 Å². The van der Waals surface area contributed by atoms with Crippen molar-refractivity contribution < 1.29 is 10.2 Å². The summed E-state index contributed by atoms with van der Waals surface area (Å²) >= 11 is 0. The highest BCUT2D eigenvalue weighted by Crippen LogP contribution is 2.32. The minimum atomic E-state index is -0.000213. The number of phenols is 2. The highest BCUT2D eigenvalue weighted by atomic mass is 16.3. The Bertz CT molecular complexity index is 1690. The minimum absolute atomic E-state index is 0.000213. The molecule has 0 radical (unpaired) electrons. The number of aromatic hydroxyl groups is 2. The van der Waals surface area contributed by atoms with E-state index in [9.17, 15) is 10.2 Å². The molecule has 0 unspecified atom stereocenters. The number of nitrogens with zero attached hydrogens (tertiary/aromatic N) is 6. The summed E-state index contributed by atoms with van der Waals surface area (Å²) in [7, 11) is 0. The summed E-state index contributed by atoms with van der Waals surface area (Å²) in [6.07, 6.45) is 0. The summed E-state index contributed by atoms with van der Waals surface area (Å²) in [5.41, 5.74) is 7.76. The van der Waals surface area contributed by atoms with Crippen LogP contribution in [-0.4, -0.2) is 40.2 Å². The molecule has 6 rings (SSSR count). The van der Waals surface area contributed by atoms with Crippen LogP contribution in [0, 0.1) is 13.8 Å². The van der Waals surface area contributed by atoms with Crippen molar-refractivity contribution in [3.63, 3.8) is 0 Å². The Labute approximate surface area is 220 Å². The van der Waals surface area contributed by atoms with Crippen LogP contribution in [0.2, 0.25) is 0 Å². The molecule has 0 aliphatic heterocycles. The molecule has 0 atom stereocenters. The maximum Gasteiger partial charge on any atom is 0.146 e. The van der Waals surface area contributed by atoms with Gasteiger partial charge in [0.15, 0.2) is 0 Å². The van der Waals surface area contributed by atoms with Gasteiger partial charge in [0.05, 0.1) is 5.69 Å². The normalized spacial score (nSPS) is 11.5. The number of fused-ring (bicyclic) bond motifs is 2. The third kappa shape index (κ3) is 4.93. The zero-order valence-corrected chi connectivity index (χ0v) is 22.1. The van der Waals surface area contributed by atoms with Gasteiger partial charge in [-0.2, -0.15) is 4.80 Å². The van der Waals surface area contributed by atoms with Crippen LogP contribution in [-0.2, 0) is 5.41 Å². The van der Waals surface area contributed by atoms with E-state index in [1.165, 1.54) is 4.80 Å². The second-order valence-corrected chi connectivity index (χ2v) is 10.3. The Kier molecular flexibility index (Phi) is 6.32. The maximum atomic E-state index is 10.4. The number of aryl methyl sites for hydroxylation is 2. The quantitative estimate of drug-likeness (QED) is 0.291. The molecule has 6 aromatic rings. The van der Waals surface area contributed by atoms with Crippen LogP contribution in [0.25, 0.3) is 33.4 Å². The molecule has 0 saturated carbocycles. The Morgan fingerprint density at radius 2 is 1.05 bits per heavy atom. The average Bonchev–Trinajstić information content (AvgIpc) is 3.49. The first-order valence-corrected chi connectivity index (χ1v) is 12.4. The van der Waals surface area contributed by atoms with E-state index in [0.717, 1.165) is 44.4 Å². The first kappa shape index (κ1) is 25.0. The average molecular weight is 507 g/mol. The molecular formula is C30H30N6O2. The van der Waals surface area contributed by atoms with E-state index in [1.54, 1.807) is 16.9 Å². The molecule has 2 heterocycles. The molecule has 38 heavy (non-hydrogen) atoms. The maximum absolute atomic E-state index is 10.4. The molecule has 0 aliphatic carbocycles. The topological polar surface area (TPSA) is 102 Å². The summed E-state index contributed by atoms with van der Waals surface area (Å²) in [6.45, 7) is 10.3. The fourth-order valence-corrected chi connectivity index (χ4v) is 4.15. The lowest BCUT2D eigenvalue weighted by molar-refractivity contribution is 0.462. The highest BCUT2D eigenvalue weighted by molar-refractivity contribution is 5.74. The summed E-state index contributed by atoms with van der Waals surface area (Å²) < 4.78 is 0. The van der Waals surface area contributed by atoms with Gasteiger partial charge < -0.3 is 10.2 Å². The number of rotatable bonds is 2. The van der Waals surface area contributed by atoms with E-state index in [1.807, 2.05) is 80.6 Å². The molecule has 192 valence electrons. The molecule has 0 amide bonds. The van der Waals surface area contributed by atoms with Gasteiger partial charge in [-0.1, -0.05) is 51.1 Å². The molecule has 2 N–H and O–H groups in total. The first-order valence-electron chi connectivity index (χ1n) is 12.4. The van der Waals surface area contributed by atoms with Crippen LogP contribution in [0.5, 0.6) is 11.5 Å². The van der Waals surface area contributed by atoms with E-state index < -0.39 is 0 Å². The Hall–Kier alpha value is -4.72. The van der Waals surface area contributed by atoms with Gasteiger partial charge in [-0.05, 0) is 84.5 Å². The van der Waals surface area contributed by atoms with Crippen LogP contribution in [0.1, 0.15) is 37.5 Å². The van der Waals surface area contributed by atoms with Crippen molar-refractivity contribution in [2.24, 2.45) is 0 Å². The highest BCUT2D eigenvalue weighted by Gasteiger charge is 2.19. The number of hydrogen-bond acceptors (Lipinski definition) is 6. The van der Waals surface area contributed by atoms with Gasteiger partial charge in [-0.15, -0.1) is 25.2 Å². The molecule has 8 nitrogen and oxygen atoms in total. The molecule has 0 aliphatic rings. The molecule has 4 aromatic carbocycles.